The molecule has 0 unspecified atom stereocenters. The van der Waals surface area contributed by atoms with Crippen molar-refractivity contribution in [2.75, 3.05) is 10.5 Å². The van der Waals surface area contributed by atoms with Gasteiger partial charge in [0, 0.05) is 23.2 Å². The SMILES string of the molecule is CCS(=O)(=O)Nc1ccc(Oc2ccc(F)cc2F)c(-n2cc(C)c(=O)c3ccccc32)c1. The molecule has 0 aliphatic rings. The molecule has 0 radical (unpaired) electrons. The lowest BCUT2D eigenvalue weighted by Crippen LogP contribution is -2.15. The second-order valence-electron chi connectivity index (χ2n) is 7.39. The number of pyridine rings is 1. The Morgan fingerprint density at radius 3 is 2.45 bits per heavy atom. The first kappa shape index (κ1) is 22.5. The van der Waals surface area contributed by atoms with Crippen molar-refractivity contribution in [1.29, 1.82) is 0 Å². The fourth-order valence-corrected chi connectivity index (χ4v) is 4.02. The third kappa shape index (κ3) is 4.58. The van der Waals surface area contributed by atoms with Gasteiger partial charge >= 0.3 is 0 Å². The van der Waals surface area contributed by atoms with Gasteiger partial charge in [0.05, 0.1) is 22.6 Å². The third-order valence-electron chi connectivity index (χ3n) is 5.07. The summed E-state index contributed by atoms with van der Waals surface area (Å²) in [5, 5.41) is 0.455. The minimum absolute atomic E-state index is 0.124. The van der Waals surface area contributed by atoms with Gasteiger partial charge in [-0.2, -0.15) is 0 Å². The summed E-state index contributed by atoms with van der Waals surface area (Å²) in [6.45, 7) is 3.17. The second-order valence-corrected chi connectivity index (χ2v) is 9.40. The molecule has 0 amide bonds. The Hall–Kier alpha value is -3.72. The number of anilines is 1. The highest BCUT2D eigenvalue weighted by Gasteiger charge is 2.16. The minimum atomic E-state index is -3.56. The lowest BCUT2D eigenvalue weighted by molar-refractivity contribution is 0.436. The van der Waals surface area contributed by atoms with Crippen LogP contribution in [0.5, 0.6) is 11.5 Å². The lowest BCUT2D eigenvalue weighted by atomic mass is 10.1. The highest BCUT2D eigenvalue weighted by molar-refractivity contribution is 7.92. The molecule has 0 aliphatic heterocycles. The zero-order valence-corrected chi connectivity index (χ0v) is 18.6. The Kier molecular flexibility index (Phi) is 5.90. The number of rotatable bonds is 6. The van der Waals surface area contributed by atoms with Gasteiger partial charge in [-0.1, -0.05) is 12.1 Å². The number of halogens is 2. The van der Waals surface area contributed by atoms with E-state index in [9.17, 15) is 22.0 Å². The summed E-state index contributed by atoms with van der Waals surface area (Å²) in [4.78, 5) is 12.6. The zero-order chi connectivity index (χ0) is 23.8. The quantitative estimate of drug-likeness (QED) is 0.424. The number of hydrogen-bond donors (Lipinski definition) is 1. The molecule has 0 aliphatic carbocycles. The minimum Gasteiger partial charge on any atom is -0.452 e. The van der Waals surface area contributed by atoms with Crippen LogP contribution in [0.3, 0.4) is 0 Å². The summed E-state index contributed by atoms with van der Waals surface area (Å²) in [7, 11) is -3.56. The molecule has 0 spiro atoms. The molecule has 0 saturated carbocycles. The molecule has 0 fully saturated rings. The van der Waals surface area contributed by atoms with E-state index >= 15 is 0 Å². The largest absolute Gasteiger partial charge is 0.452 e. The molecular weight excluding hydrogens is 450 g/mol. The van der Waals surface area contributed by atoms with Gasteiger partial charge in [-0.25, -0.2) is 17.2 Å². The van der Waals surface area contributed by atoms with Gasteiger partial charge in [0.15, 0.2) is 22.7 Å². The van der Waals surface area contributed by atoms with E-state index in [-0.39, 0.29) is 28.4 Å². The number of ether oxygens (including phenoxy) is 1. The van der Waals surface area contributed by atoms with Crippen LogP contribution in [0.15, 0.2) is 71.7 Å². The van der Waals surface area contributed by atoms with E-state index in [0.717, 1.165) is 12.1 Å². The maximum absolute atomic E-state index is 14.3. The van der Waals surface area contributed by atoms with Crippen LogP contribution in [-0.4, -0.2) is 18.7 Å². The topological polar surface area (TPSA) is 77.4 Å². The standard InChI is InChI=1S/C24H20F2N2O4S/c1-3-33(30,31)27-17-9-11-23(32-22-10-8-16(25)12-19(22)26)21(13-17)28-14-15(2)24(29)18-6-4-5-7-20(18)28/h4-14,27H,3H2,1-2H3. The molecule has 0 saturated heterocycles. The van der Waals surface area contributed by atoms with Crippen molar-refractivity contribution in [3.8, 4) is 17.2 Å². The van der Waals surface area contributed by atoms with Gasteiger partial charge < -0.3 is 9.30 Å². The molecule has 1 N–H and O–H groups in total. The number of aromatic nitrogens is 1. The predicted octanol–water partition coefficient (Wildman–Crippen LogP) is 5.13. The molecule has 0 atom stereocenters. The van der Waals surface area contributed by atoms with Crippen molar-refractivity contribution in [3.63, 3.8) is 0 Å². The maximum atomic E-state index is 14.3. The van der Waals surface area contributed by atoms with Crippen molar-refractivity contribution in [2.24, 2.45) is 0 Å². The number of nitrogens with zero attached hydrogens (tertiary/aromatic N) is 1. The Balaban J connectivity index is 1.95. The molecule has 170 valence electrons. The molecule has 33 heavy (non-hydrogen) atoms. The fourth-order valence-electron chi connectivity index (χ4n) is 3.39. The van der Waals surface area contributed by atoms with E-state index in [0.29, 0.717) is 28.2 Å². The molecule has 1 heterocycles. The number of aryl methyl sites for hydroxylation is 1. The van der Waals surface area contributed by atoms with E-state index in [2.05, 4.69) is 4.72 Å². The summed E-state index contributed by atoms with van der Waals surface area (Å²) in [5.41, 5.74) is 1.48. The van der Waals surface area contributed by atoms with Crippen LogP contribution in [-0.2, 0) is 10.0 Å². The molecule has 9 heteroatoms. The van der Waals surface area contributed by atoms with Crippen molar-refractivity contribution < 1.29 is 21.9 Å². The predicted molar refractivity (Wildman–Crippen MR) is 124 cm³/mol. The van der Waals surface area contributed by atoms with Crippen LogP contribution >= 0.6 is 0 Å². The highest BCUT2D eigenvalue weighted by Crippen LogP contribution is 2.34. The Morgan fingerprint density at radius 1 is 1.00 bits per heavy atom. The Bertz CT molecular complexity index is 1530. The molecular formula is C24H20F2N2O4S. The van der Waals surface area contributed by atoms with Crippen LogP contribution in [0.1, 0.15) is 12.5 Å². The summed E-state index contributed by atoms with van der Waals surface area (Å²) in [5.74, 6) is -1.79. The van der Waals surface area contributed by atoms with Gasteiger partial charge in [-0.3, -0.25) is 9.52 Å². The van der Waals surface area contributed by atoms with E-state index in [1.54, 1.807) is 42.0 Å². The van der Waals surface area contributed by atoms with E-state index in [4.69, 9.17) is 4.74 Å². The average molecular weight is 470 g/mol. The fraction of sp³-hybridized carbons (Fsp3) is 0.125. The normalized spacial score (nSPS) is 11.5. The number of fused-ring (bicyclic) bond motifs is 1. The summed E-state index contributed by atoms with van der Waals surface area (Å²) in [6, 6.07) is 14.4. The van der Waals surface area contributed by atoms with Gasteiger partial charge in [0.25, 0.3) is 0 Å². The zero-order valence-electron chi connectivity index (χ0n) is 17.8. The third-order valence-corrected chi connectivity index (χ3v) is 6.38. The second kappa shape index (κ2) is 8.67. The smallest absolute Gasteiger partial charge is 0.232 e. The molecule has 4 aromatic rings. The van der Waals surface area contributed by atoms with Gasteiger partial charge in [-0.05, 0) is 56.3 Å². The van der Waals surface area contributed by atoms with Crippen LogP contribution < -0.4 is 14.9 Å². The first-order valence-corrected chi connectivity index (χ1v) is 11.7. The van der Waals surface area contributed by atoms with Gasteiger partial charge in [-0.15, -0.1) is 0 Å². The number of nitrogens with one attached hydrogen (secondary N) is 1. The molecule has 1 aromatic heterocycles. The maximum Gasteiger partial charge on any atom is 0.232 e. The van der Waals surface area contributed by atoms with Crippen molar-refractivity contribution in [3.05, 3.63) is 94.3 Å². The van der Waals surface area contributed by atoms with Crippen LogP contribution in [0.2, 0.25) is 0 Å². The molecule has 3 aromatic carbocycles. The molecule has 6 nitrogen and oxygen atoms in total. The monoisotopic (exact) mass is 470 g/mol. The van der Waals surface area contributed by atoms with Crippen molar-refractivity contribution >= 4 is 26.6 Å². The van der Waals surface area contributed by atoms with Crippen molar-refractivity contribution in [2.45, 2.75) is 13.8 Å². The van der Waals surface area contributed by atoms with Crippen LogP contribution in [0.25, 0.3) is 16.6 Å². The van der Waals surface area contributed by atoms with Gasteiger partial charge in [0.1, 0.15) is 5.82 Å². The summed E-state index contributed by atoms with van der Waals surface area (Å²) < 4.78 is 61.7. The number of hydrogen-bond acceptors (Lipinski definition) is 4. The van der Waals surface area contributed by atoms with E-state index in [1.165, 1.54) is 25.1 Å². The number of benzene rings is 3. The van der Waals surface area contributed by atoms with Crippen molar-refractivity contribution in [1.82, 2.24) is 4.57 Å². The van der Waals surface area contributed by atoms with Gasteiger partial charge in [0.2, 0.25) is 10.0 Å². The first-order valence-electron chi connectivity index (χ1n) is 10.1. The Labute approximate surface area is 189 Å². The summed E-state index contributed by atoms with van der Waals surface area (Å²) in [6.07, 6.45) is 1.60. The van der Waals surface area contributed by atoms with Crippen LogP contribution in [0, 0.1) is 18.6 Å². The Morgan fingerprint density at radius 2 is 1.73 bits per heavy atom. The summed E-state index contributed by atoms with van der Waals surface area (Å²) >= 11 is 0. The average Bonchev–Trinajstić information content (AvgIpc) is 2.79. The van der Waals surface area contributed by atoms with Crippen LogP contribution in [0.4, 0.5) is 14.5 Å². The number of para-hydroxylation sites is 1. The highest BCUT2D eigenvalue weighted by atomic mass is 32.2. The molecule has 0 bridgehead atoms. The van der Waals surface area contributed by atoms with E-state index in [1.807, 2.05) is 0 Å². The first-order chi connectivity index (χ1) is 15.7. The number of sulfonamides is 1. The molecule has 4 rings (SSSR count). The van der Waals surface area contributed by atoms with E-state index < -0.39 is 21.7 Å². The lowest BCUT2D eigenvalue weighted by Gasteiger charge is -2.18.